The molecule has 2 aliphatic heterocycles. The van der Waals surface area contributed by atoms with Gasteiger partial charge in [-0.05, 0) is 6.42 Å². The largest absolute Gasteiger partial charge is 0.457 e. The number of hydrogen-bond acceptors (Lipinski definition) is 8. The highest BCUT2D eigenvalue weighted by atomic mass is 35.6. The van der Waals surface area contributed by atoms with Gasteiger partial charge in [0.05, 0.1) is 13.2 Å². The number of unbranched alkanes of at least 4 members (excludes halogenated alkanes) is 12. The Labute approximate surface area is 295 Å². The minimum absolute atomic E-state index is 0.109. The molecule has 2 heterocycles. The number of carbonyl (C=O) groups is 2. The highest BCUT2D eigenvalue weighted by molar-refractivity contribution is 6.67. The summed E-state index contributed by atoms with van der Waals surface area (Å²) in [6.07, 6.45) is 12.3. The molecular formula is C35H52Cl3NO8. The fourth-order valence-corrected chi connectivity index (χ4v) is 5.94. The van der Waals surface area contributed by atoms with Crippen LogP contribution in [-0.2, 0) is 33.2 Å². The maximum atomic E-state index is 13.2. The average Bonchev–Trinajstić information content (AvgIpc) is 3.06. The van der Waals surface area contributed by atoms with Crippen molar-refractivity contribution < 1.29 is 38.0 Å². The smallest absolute Gasteiger partial charge is 0.407 e. The maximum Gasteiger partial charge on any atom is 0.407 e. The number of ether oxygens (including phenoxy) is 6. The molecule has 1 aromatic rings. The Hall–Kier alpha value is -1.59. The van der Waals surface area contributed by atoms with Crippen molar-refractivity contribution in [3.05, 3.63) is 48.6 Å². The number of carbonyl (C=O) groups excluding carboxylic acids is 2. The van der Waals surface area contributed by atoms with Gasteiger partial charge < -0.3 is 33.7 Å². The van der Waals surface area contributed by atoms with E-state index in [-0.39, 0.29) is 19.6 Å². The summed E-state index contributed by atoms with van der Waals surface area (Å²) >= 11 is 17.3. The van der Waals surface area contributed by atoms with Gasteiger partial charge in [-0.15, -0.1) is 6.58 Å². The Bertz CT molecular complexity index is 1040. The molecule has 0 radical (unpaired) electrons. The van der Waals surface area contributed by atoms with Gasteiger partial charge in [-0.3, -0.25) is 4.79 Å². The van der Waals surface area contributed by atoms with Gasteiger partial charge in [0.15, 0.2) is 18.7 Å². The molecule has 3 rings (SSSR count). The lowest BCUT2D eigenvalue weighted by Crippen LogP contribution is -2.67. The summed E-state index contributed by atoms with van der Waals surface area (Å²) in [5.74, 6) is -0.408. The molecule has 0 bridgehead atoms. The van der Waals surface area contributed by atoms with Crippen LogP contribution in [0.4, 0.5) is 4.79 Å². The van der Waals surface area contributed by atoms with E-state index in [4.69, 9.17) is 63.2 Å². The summed E-state index contributed by atoms with van der Waals surface area (Å²) in [6, 6.07) is 8.40. The van der Waals surface area contributed by atoms with Gasteiger partial charge in [0.25, 0.3) is 0 Å². The summed E-state index contributed by atoms with van der Waals surface area (Å²) < 4.78 is 33.7. The zero-order chi connectivity index (χ0) is 33.9. The Morgan fingerprint density at radius 3 is 2.15 bits per heavy atom. The maximum absolute atomic E-state index is 13.2. The second-order valence-corrected chi connectivity index (χ2v) is 14.7. The first kappa shape index (κ1) is 39.8. The third-order valence-corrected chi connectivity index (χ3v) is 8.52. The third-order valence-electron chi connectivity index (χ3n) is 8.19. The first-order valence-corrected chi connectivity index (χ1v) is 18.2. The summed E-state index contributed by atoms with van der Waals surface area (Å²) in [5.41, 5.74) is 0.791. The Balaban J connectivity index is 1.58. The number of fused-ring (bicyclic) bond motifs is 1. The molecule has 3 unspecified atom stereocenters. The van der Waals surface area contributed by atoms with Crippen molar-refractivity contribution in [2.45, 2.75) is 138 Å². The number of rotatable bonds is 21. The van der Waals surface area contributed by atoms with E-state index in [1.807, 2.05) is 30.3 Å². The monoisotopic (exact) mass is 719 g/mol. The van der Waals surface area contributed by atoms with Crippen LogP contribution in [0.5, 0.6) is 0 Å². The molecule has 47 heavy (non-hydrogen) atoms. The number of esters is 1. The topological polar surface area (TPSA) is 102 Å². The summed E-state index contributed by atoms with van der Waals surface area (Å²) in [4.78, 5) is 26.1. The standard InChI is InChI=1S/C35H52Cl3NO8/c1-3-5-6-7-8-9-10-11-12-13-14-15-19-22-28(40)46-31-29(39-34(41)44-25-35(36,37)38)33(42-23-4-2)45-27-24-43-32(47-30(27)31)26-20-17-16-18-21-26/h4,16-18,20-21,27,29-33H,2-3,5-15,19,22-25H2,1H3,(H,39,41)/t27?,29?,30-,31-,32?,33+/m1/s1. The van der Waals surface area contributed by atoms with Gasteiger partial charge in [-0.25, -0.2) is 4.79 Å². The van der Waals surface area contributed by atoms with Gasteiger partial charge >= 0.3 is 12.1 Å². The van der Waals surface area contributed by atoms with E-state index in [2.05, 4.69) is 18.8 Å². The minimum Gasteiger partial charge on any atom is -0.457 e. The first-order valence-electron chi connectivity index (χ1n) is 17.1. The number of amides is 1. The molecule has 0 spiro atoms. The van der Waals surface area contributed by atoms with E-state index in [1.54, 1.807) is 6.08 Å². The van der Waals surface area contributed by atoms with Crippen molar-refractivity contribution in [3.8, 4) is 0 Å². The molecule has 1 aromatic carbocycles. The van der Waals surface area contributed by atoms with Crippen molar-refractivity contribution in [1.29, 1.82) is 0 Å². The number of alkyl halides is 3. The predicted molar refractivity (Wildman–Crippen MR) is 184 cm³/mol. The molecule has 2 saturated heterocycles. The second kappa shape index (κ2) is 22.2. The predicted octanol–water partition coefficient (Wildman–Crippen LogP) is 8.89. The van der Waals surface area contributed by atoms with E-state index >= 15 is 0 Å². The Morgan fingerprint density at radius 1 is 0.936 bits per heavy atom. The molecule has 2 aliphatic rings. The molecule has 6 atom stereocenters. The molecular weight excluding hydrogens is 669 g/mol. The van der Waals surface area contributed by atoms with Gasteiger partial charge in [0.2, 0.25) is 3.79 Å². The van der Waals surface area contributed by atoms with E-state index in [0.717, 1.165) is 24.8 Å². The van der Waals surface area contributed by atoms with E-state index in [0.29, 0.717) is 6.42 Å². The first-order chi connectivity index (χ1) is 22.7. The van der Waals surface area contributed by atoms with Crippen LogP contribution >= 0.6 is 34.8 Å². The van der Waals surface area contributed by atoms with E-state index in [1.165, 1.54) is 57.8 Å². The summed E-state index contributed by atoms with van der Waals surface area (Å²) in [7, 11) is 0. The van der Waals surface area contributed by atoms with Crippen LogP contribution in [0.15, 0.2) is 43.0 Å². The number of nitrogens with one attached hydrogen (secondary N) is 1. The lowest BCUT2D eigenvalue weighted by atomic mass is 9.95. The molecule has 1 N–H and O–H groups in total. The van der Waals surface area contributed by atoms with Gasteiger partial charge in [0, 0.05) is 12.0 Å². The second-order valence-electron chi connectivity index (χ2n) is 12.2. The average molecular weight is 721 g/mol. The lowest BCUT2D eigenvalue weighted by molar-refractivity contribution is -0.343. The van der Waals surface area contributed by atoms with Gasteiger partial charge in [-0.1, -0.05) is 155 Å². The quantitative estimate of drug-likeness (QED) is 0.0582. The van der Waals surface area contributed by atoms with Crippen molar-refractivity contribution in [1.82, 2.24) is 5.32 Å². The SMILES string of the molecule is C=CCO[C@H]1OC2COC(c3ccccc3)O[C@H]2[C@H](OC(=O)CCCCCCCCCCCCCCC)C1NC(=O)OCC(Cl)(Cl)Cl. The van der Waals surface area contributed by atoms with Crippen LogP contribution in [0, 0.1) is 0 Å². The number of benzene rings is 1. The van der Waals surface area contributed by atoms with Crippen LogP contribution in [0.3, 0.4) is 0 Å². The number of alkyl carbamates (subject to hydrolysis) is 1. The molecule has 0 aliphatic carbocycles. The molecule has 2 fully saturated rings. The lowest BCUT2D eigenvalue weighted by Gasteiger charge is -2.48. The van der Waals surface area contributed by atoms with Crippen molar-refractivity contribution in [3.63, 3.8) is 0 Å². The normalized spacial score (nSPS) is 24.3. The zero-order valence-corrected chi connectivity index (χ0v) is 29.8. The van der Waals surface area contributed by atoms with Gasteiger partial charge in [0.1, 0.15) is 24.9 Å². The van der Waals surface area contributed by atoms with E-state index < -0.39 is 59.4 Å². The fraction of sp³-hybridized carbons (Fsp3) is 0.714. The van der Waals surface area contributed by atoms with Crippen LogP contribution in [0.2, 0.25) is 0 Å². The minimum atomic E-state index is -1.81. The summed E-state index contributed by atoms with van der Waals surface area (Å²) in [5, 5.41) is 2.69. The highest BCUT2D eigenvalue weighted by Crippen LogP contribution is 2.36. The van der Waals surface area contributed by atoms with Crippen LogP contribution in [-0.4, -0.2) is 66.3 Å². The molecule has 0 saturated carbocycles. The number of halogens is 3. The van der Waals surface area contributed by atoms with Crippen molar-refractivity contribution in [2.75, 3.05) is 19.8 Å². The van der Waals surface area contributed by atoms with Gasteiger partial charge in [-0.2, -0.15) is 0 Å². The summed E-state index contributed by atoms with van der Waals surface area (Å²) in [6.45, 7) is 5.70. The molecule has 1 amide bonds. The van der Waals surface area contributed by atoms with Crippen molar-refractivity contribution in [2.24, 2.45) is 0 Å². The molecule has 266 valence electrons. The Morgan fingerprint density at radius 2 is 1.55 bits per heavy atom. The van der Waals surface area contributed by atoms with Crippen LogP contribution in [0.1, 0.15) is 109 Å². The van der Waals surface area contributed by atoms with Crippen LogP contribution < -0.4 is 5.32 Å². The number of hydrogen-bond donors (Lipinski definition) is 1. The third kappa shape index (κ3) is 15.2. The molecule has 0 aromatic heterocycles. The highest BCUT2D eigenvalue weighted by Gasteiger charge is 2.53. The zero-order valence-electron chi connectivity index (χ0n) is 27.6. The Kier molecular flexibility index (Phi) is 18.8. The van der Waals surface area contributed by atoms with E-state index in [9.17, 15) is 9.59 Å². The van der Waals surface area contributed by atoms with Crippen molar-refractivity contribution >= 4 is 46.9 Å². The molecule has 9 nitrogen and oxygen atoms in total. The molecule has 12 heteroatoms. The fourth-order valence-electron chi connectivity index (χ4n) is 5.77. The van der Waals surface area contributed by atoms with Crippen LogP contribution in [0.25, 0.3) is 0 Å².